The molecule has 0 fully saturated rings. The summed E-state index contributed by atoms with van der Waals surface area (Å²) in [6, 6.07) is 4.67. The summed E-state index contributed by atoms with van der Waals surface area (Å²) in [5.74, 6) is 2.63. The molecular weight excluding hydrogens is 471 g/mol. The number of halogens is 1. The molecule has 6 nitrogen and oxygen atoms in total. The third-order valence-electron chi connectivity index (χ3n) is 4.43. The number of unbranched alkanes of at least 4 members (excludes halogenated alkanes) is 2. The second-order valence-corrected chi connectivity index (χ2v) is 7.72. The van der Waals surface area contributed by atoms with E-state index in [4.69, 9.17) is 4.99 Å². The molecule has 0 aliphatic carbocycles. The smallest absolute Gasteiger partial charge is 0.191 e. The van der Waals surface area contributed by atoms with Gasteiger partial charge in [0, 0.05) is 24.5 Å². The van der Waals surface area contributed by atoms with Crippen molar-refractivity contribution in [2.45, 2.75) is 65.5 Å². The largest absolute Gasteiger partial charge is 0.356 e. The van der Waals surface area contributed by atoms with Crippen LogP contribution in [-0.4, -0.2) is 33.3 Å². The third kappa shape index (κ3) is 8.59. The van der Waals surface area contributed by atoms with Crippen LogP contribution in [0, 0.1) is 6.92 Å². The molecule has 0 amide bonds. The Hall–Kier alpha value is -1.16. The molecular formula is C19H33IN6S. The lowest BCUT2D eigenvalue weighted by Gasteiger charge is -2.18. The first-order valence-corrected chi connectivity index (χ1v) is 10.4. The molecule has 1 unspecified atom stereocenters. The SMILES string of the molecule is CCCCCC(C)NC(=NCc1nnc(C)n1C)NCCc1cccs1.I. The zero-order chi connectivity index (χ0) is 18.8. The molecule has 2 N–H and O–H groups in total. The van der Waals surface area contributed by atoms with Crippen molar-refractivity contribution in [3.05, 3.63) is 34.0 Å². The van der Waals surface area contributed by atoms with Gasteiger partial charge in [-0.3, -0.25) is 0 Å². The number of hydrogen-bond acceptors (Lipinski definition) is 4. The molecule has 8 heteroatoms. The molecule has 2 aromatic heterocycles. The van der Waals surface area contributed by atoms with Crippen molar-refractivity contribution in [2.24, 2.45) is 12.0 Å². The predicted molar refractivity (Wildman–Crippen MR) is 125 cm³/mol. The molecule has 0 aliphatic heterocycles. The second kappa shape index (κ2) is 13.1. The van der Waals surface area contributed by atoms with Crippen LogP contribution in [-0.2, 0) is 20.0 Å². The summed E-state index contributed by atoms with van der Waals surface area (Å²) in [7, 11) is 1.98. The van der Waals surface area contributed by atoms with Crippen molar-refractivity contribution in [3.63, 3.8) is 0 Å². The Labute approximate surface area is 184 Å². The van der Waals surface area contributed by atoms with Gasteiger partial charge in [0.25, 0.3) is 0 Å². The molecule has 0 saturated heterocycles. The van der Waals surface area contributed by atoms with Gasteiger partial charge >= 0.3 is 0 Å². The van der Waals surface area contributed by atoms with E-state index in [0.29, 0.717) is 12.6 Å². The molecule has 27 heavy (non-hydrogen) atoms. The van der Waals surface area contributed by atoms with Crippen molar-refractivity contribution >= 4 is 41.3 Å². The van der Waals surface area contributed by atoms with Gasteiger partial charge in [0.2, 0.25) is 0 Å². The topological polar surface area (TPSA) is 67.1 Å². The van der Waals surface area contributed by atoms with Crippen LogP contribution in [0.5, 0.6) is 0 Å². The minimum atomic E-state index is 0. The van der Waals surface area contributed by atoms with Crippen LogP contribution in [0.2, 0.25) is 0 Å². The number of nitrogens with zero attached hydrogens (tertiary/aromatic N) is 4. The average molecular weight is 504 g/mol. The summed E-state index contributed by atoms with van der Waals surface area (Å²) in [4.78, 5) is 6.12. The number of hydrogen-bond donors (Lipinski definition) is 2. The van der Waals surface area contributed by atoms with Crippen LogP contribution < -0.4 is 10.6 Å². The Bertz CT molecular complexity index is 668. The van der Waals surface area contributed by atoms with Gasteiger partial charge in [0.1, 0.15) is 12.4 Å². The van der Waals surface area contributed by atoms with Crippen LogP contribution in [0.3, 0.4) is 0 Å². The zero-order valence-electron chi connectivity index (χ0n) is 16.9. The highest BCUT2D eigenvalue weighted by Crippen LogP contribution is 2.08. The van der Waals surface area contributed by atoms with Crippen LogP contribution in [0.25, 0.3) is 0 Å². The molecule has 0 aliphatic rings. The van der Waals surface area contributed by atoms with Crippen molar-refractivity contribution in [1.29, 1.82) is 0 Å². The Morgan fingerprint density at radius 3 is 2.78 bits per heavy atom. The number of aryl methyl sites for hydroxylation is 1. The number of aromatic nitrogens is 3. The maximum Gasteiger partial charge on any atom is 0.191 e. The maximum atomic E-state index is 4.73. The summed E-state index contributed by atoms with van der Waals surface area (Å²) in [6.07, 6.45) is 5.94. The van der Waals surface area contributed by atoms with Gasteiger partial charge in [0.05, 0.1) is 0 Å². The molecule has 0 aromatic carbocycles. The van der Waals surface area contributed by atoms with E-state index in [9.17, 15) is 0 Å². The van der Waals surface area contributed by atoms with Gasteiger partial charge in [-0.2, -0.15) is 0 Å². The Morgan fingerprint density at radius 2 is 2.15 bits per heavy atom. The minimum absolute atomic E-state index is 0. The Morgan fingerprint density at radius 1 is 1.33 bits per heavy atom. The van der Waals surface area contributed by atoms with Gasteiger partial charge in [0.15, 0.2) is 11.8 Å². The first kappa shape index (κ1) is 23.9. The molecule has 0 saturated carbocycles. The first-order chi connectivity index (χ1) is 12.6. The van der Waals surface area contributed by atoms with E-state index in [1.807, 2.05) is 18.5 Å². The summed E-state index contributed by atoms with van der Waals surface area (Å²) in [6.45, 7) is 7.80. The molecule has 0 bridgehead atoms. The lowest BCUT2D eigenvalue weighted by Crippen LogP contribution is -2.43. The third-order valence-corrected chi connectivity index (χ3v) is 5.37. The van der Waals surface area contributed by atoms with E-state index in [-0.39, 0.29) is 24.0 Å². The Kier molecular flexibility index (Phi) is 11.6. The Balaban J connectivity index is 0.00000364. The van der Waals surface area contributed by atoms with Crippen molar-refractivity contribution in [2.75, 3.05) is 6.54 Å². The normalized spacial score (nSPS) is 12.5. The molecule has 1 atom stereocenters. The highest BCUT2D eigenvalue weighted by atomic mass is 127. The van der Waals surface area contributed by atoms with Gasteiger partial charge in [-0.1, -0.05) is 32.3 Å². The van der Waals surface area contributed by atoms with Crippen LogP contribution in [0.15, 0.2) is 22.5 Å². The number of rotatable bonds is 10. The number of nitrogens with one attached hydrogen (secondary N) is 2. The number of thiophene rings is 1. The fourth-order valence-electron chi connectivity index (χ4n) is 2.66. The molecule has 152 valence electrons. The lowest BCUT2D eigenvalue weighted by atomic mass is 10.1. The molecule has 0 spiro atoms. The van der Waals surface area contributed by atoms with Crippen molar-refractivity contribution < 1.29 is 0 Å². The second-order valence-electron chi connectivity index (χ2n) is 6.68. The number of aliphatic imine (C=N–C) groups is 1. The zero-order valence-corrected chi connectivity index (χ0v) is 20.0. The van der Waals surface area contributed by atoms with E-state index in [2.05, 4.69) is 52.2 Å². The average Bonchev–Trinajstić information content (AvgIpc) is 3.24. The first-order valence-electron chi connectivity index (χ1n) is 9.52. The van der Waals surface area contributed by atoms with Gasteiger partial charge in [-0.05, 0) is 38.1 Å². The van der Waals surface area contributed by atoms with Gasteiger partial charge < -0.3 is 15.2 Å². The maximum absolute atomic E-state index is 4.73. The highest BCUT2D eigenvalue weighted by Gasteiger charge is 2.08. The molecule has 0 radical (unpaired) electrons. The van der Waals surface area contributed by atoms with E-state index >= 15 is 0 Å². The summed E-state index contributed by atoms with van der Waals surface area (Å²) < 4.78 is 1.98. The quantitative estimate of drug-likeness (QED) is 0.222. The van der Waals surface area contributed by atoms with Crippen molar-refractivity contribution in [1.82, 2.24) is 25.4 Å². The molecule has 2 aromatic rings. The van der Waals surface area contributed by atoms with Gasteiger partial charge in [-0.15, -0.1) is 45.5 Å². The number of guanidine groups is 1. The van der Waals surface area contributed by atoms with E-state index < -0.39 is 0 Å². The summed E-state index contributed by atoms with van der Waals surface area (Å²) in [5.41, 5.74) is 0. The predicted octanol–water partition coefficient (Wildman–Crippen LogP) is 4.05. The summed E-state index contributed by atoms with van der Waals surface area (Å²) in [5, 5.41) is 17.4. The fourth-order valence-corrected chi connectivity index (χ4v) is 3.37. The van der Waals surface area contributed by atoms with E-state index in [1.165, 1.54) is 24.1 Å². The molecule has 2 heterocycles. The highest BCUT2D eigenvalue weighted by molar-refractivity contribution is 14.0. The monoisotopic (exact) mass is 504 g/mol. The molecule has 2 rings (SSSR count). The van der Waals surface area contributed by atoms with Crippen LogP contribution in [0.1, 0.15) is 56.1 Å². The fraction of sp³-hybridized carbons (Fsp3) is 0.632. The standard InChI is InChI=1S/C19H32N6S.HI/c1-5-6-7-9-15(2)22-19(20-12-11-17-10-8-13-26-17)21-14-18-24-23-16(3)25(18)4;/h8,10,13,15H,5-7,9,11-12,14H2,1-4H3,(H2,20,21,22);1H. The summed E-state index contributed by atoms with van der Waals surface area (Å²) >= 11 is 1.80. The van der Waals surface area contributed by atoms with E-state index in [1.54, 1.807) is 11.3 Å². The van der Waals surface area contributed by atoms with Crippen LogP contribution in [0.4, 0.5) is 0 Å². The van der Waals surface area contributed by atoms with E-state index in [0.717, 1.165) is 37.0 Å². The van der Waals surface area contributed by atoms with Gasteiger partial charge in [-0.25, -0.2) is 4.99 Å². The van der Waals surface area contributed by atoms with Crippen molar-refractivity contribution in [3.8, 4) is 0 Å². The van der Waals surface area contributed by atoms with Crippen LogP contribution >= 0.6 is 35.3 Å². The lowest BCUT2D eigenvalue weighted by molar-refractivity contribution is 0.545. The minimum Gasteiger partial charge on any atom is -0.356 e.